The largest absolute Gasteiger partial charge is 0.417 e. The molecule has 1 aliphatic rings. The normalized spacial score (nSPS) is 17.9. The molecule has 128 valence electrons. The molecule has 0 aromatic heterocycles. The lowest BCUT2D eigenvalue weighted by Crippen LogP contribution is -2.55. The maximum Gasteiger partial charge on any atom is 0.417 e. The Bertz CT molecular complexity index is 581. The summed E-state index contributed by atoms with van der Waals surface area (Å²) >= 11 is 0. The van der Waals surface area contributed by atoms with Crippen molar-refractivity contribution < 1.29 is 27.5 Å². The van der Waals surface area contributed by atoms with Crippen molar-refractivity contribution >= 4 is 6.03 Å². The van der Waals surface area contributed by atoms with Gasteiger partial charge in [0, 0.05) is 32.5 Å². The van der Waals surface area contributed by atoms with Crippen LogP contribution in [0.5, 0.6) is 0 Å². The van der Waals surface area contributed by atoms with Crippen LogP contribution in [-0.4, -0.2) is 40.9 Å². The number of carbonyl (C=O) groups is 1. The predicted octanol–water partition coefficient (Wildman–Crippen LogP) is 2.73. The van der Waals surface area contributed by atoms with Gasteiger partial charge in [0.05, 0.1) is 0 Å². The molecule has 0 saturated carbocycles. The molecule has 4 nitrogen and oxygen atoms in total. The number of likely N-dealkylation sites (tertiary alicyclic amines) is 1. The molecule has 0 spiro atoms. The molecular weight excluding hydrogens is 316 g/mol. The van der Waals surface area contributed by atoms with Gasteiger partial charge >= 0.3 is 12.2 Å². The van der Waals surface area contributed by atoms with Crippen molar-refractivity contribution in [2.24, 2.45) is 0 Å². The van der Waals surface area contributed by atoms with Gasteiger partial charge in [-0.25, -0.2) is 9.18 Å². The van der Waals surface area contributed by atoms with Gasteiger partial charge in [-0.3, -0.25) is 0 Å². The van der Waals surface area contributed by atoms with Crippen LogP contribution >= 0.6 is 0 Å². The van der Waals surface area contributed by atoms with Crippen LogP contribution in [0.15, 0.2) is 18.2 Å². The molecule has 1 heterocycles. The summed E-state index contributed by atoms with van der Waals surface area (Å²) in [7, 11) is 0. The third-order valence-electron chi connectivity index (χ3n) is 4.09. The van der Waals surface area contributed by atoms with E-state index in [1.807, 2.05) is 0 Å². The minimum absolute atomic E-state index is 0.0794. The number of hydrogen-bond donors (Lipinski definition) is 2. The molecule has 2 amide bonds. The summed E-state index contributed by atoms with van der Waals surface area (Å²) in [5.41, 5.74) is -1.68. The first kappa shape index (κ1) is 17.5. The van der Waals surface area contributed by atoms with E-state index >= 15 is 0 Å². The van der Waals surface area contributed by atoms with Crippen LogP contribution in [0.4, 0.5) is 22.4 Å². The number of amides is 2. The summed E-state index contributed by atoms with van der Waals surface area (Å²) in [6, 6.07) is 4.02. The van der Waals surface area contributed by atoms with Crippen LogP contribution < -0.4 is 5.32 Å². The number of alkyl halides is 3. The fourth-order valence-electron chi connectivity index (χ4n) is 2.40. The van der Waals surface area contributed by atoms with E-state index in [1.54, 1.807) is 19.1 Å². The third kappa shape index (κ3) is 3.93. The number of rotatable bonds is 2. The number of aliphatic hydroxyl groups is 1. The van der Waals surface area contributed by atoms with Gasteiger partial charge < -0.3 is 15.3 Å². The number of nitrogens with zero attached hydrogens (tertiary/aromatic N) is 1. The smallest absolute Gasteiger partial charge is 0.380 e. The van der Waals surface area contributed by atoms with Crippen LogP contribution in [0.3, 0.4) is 0 Å². The van der Waals surface area contributed by atoms with E-state index < -0.39 is 30.7 Å². The van der Waals surface area contributed by atoms with E-state index in [-0.39, 0.29) is 25.5 Å². The first-order valence-electron chi connectivity index (χ1n) is 7.19. The Morgan fingerprint density at radius 2 is 1.96 bits per heavy atom. The van der Waals surface area contributed by atoms with E-state index in [0.29, 0.717) is 11.1 Å². The number of urea groups is 1. The van der Waals surface area contributed by atoms with Gasteiger partial charge in [-0.05, 0) is 24.1 Å². The van der Waals surface area contributed by atoms with Gasteiger partial charge in [0.25, 0.3) is 0 Å². The van der Waals surface area contributed by atoms with Crippen molar-refractivity contribution in [2.45, 2.75) is 38.1 Å². The van der Waals surface area contributed by atoms with Crippen molar-refractivity contribution in [3.05, 3.63) is 35.1 Å². The maximum absolute atomic E-state index is 13.4. The summed E-state index contributed by atoms with van der Waals surface area (Å²) in [4.78, 5) is 13.2. The van der Waals surface area contributed by atoms with Crippen molar-refractivity contribution in [3.8, 4) is 0 Å². The molecule has 8 heteroatoms. The summed E-state index contributed by atoms with van der Waals surface area (Å²) in [6.07, 6.45) is -5.80. The zero-order chi connectivity index (χ0) is 17.3. The van der Waals surface area contributed by atoms with Gasteiger partial charge in [-0.2, -0.15) is 13.2 Å². The second kappa shape index (κ2) is 6.35. The summed E-state index contributed by atoms with van der Waals surface area (Å²) in [5.74, 6) is -0.384. The zero-order valence-electron chi connectivity index (χ0n) is 12.6. The predicted molar refractivity (Wildman–Crippen MR) is 75.2 cm³/mol. The van der Waals surface area contributed by atoms with Crippen molar-refractivity contribution in [2.75, 3.05) is 13.1 Å². The molecule has 0 unspecified atom stereocenters. The second-order valence-corrected chi connectivity index (χ2v) is 5.76. The van der Waals surface area contributed by atoms with Crippen molar-refractivity contribution in [3.63, 3.8) is 0 Å². The van der Waals surface area contributed by atoms with Crippen molar-refractivity contribution in [1.82, 2.24) is 10.2 Å². The highest BCUT2D eigenvalue weighted by atomic mass is 19.4. The van der Waals surface area contributed by atoms with E-state index in [1.165, 1.54) is 11.0 Å². The number of benzene rings is 1. The number of hydrogen-bond acceptors (Lipinski definition) is 2. The number of halogens is 4. The van der Waals surface area contributed by atoms with Gasteiger partial charge in [0.1, 0.15) is 5.82 Å². The van der Waals surface area contributed by atoms with Crippen LogP contribution in [0, 0.1) is 12.7 Å². The molecule has 0 aliphatic carbocycles. The highest BCUT2D eigenvalue weighted by molar-refractivity contribution is 5.74. The first-order chi connectivity index (χ1) is 10.6. The van der Waals surface area contributed by atoms with E-state index in [4.69, 9.17) is 0 Å². The van der Waals surface area contributed by atoms with Gasteiger partial charge in [-0.1, -0.05) is 12.1 Å². The molecule has 1 saturated heterocycles. The summed E-state index contributed by atoms with van der Waals surface area (Å²) < 4.78 is 51.5. The average molecular weight is 334 g/mol. The molecule has 23 heavy (non-hydrogen) atoms. The molecule has 1 aliphatic heterocycles. The number of carbonyl (C=O) groups excluding carboxylic acids is 1. The van der Waals surface area contributed by atoms with Gasteiger partial charge in [0.15, 0.2) is 5.60 Å². The summed E-state index contributed by atoms with van der Waals surface area (Å²) in [6.45, 7) is 1.32. The lowest BCUT2D eigenvalue weighted by Gasteiger charge is -2.39. The van der Waals surface area contributed by atoms with E-state index in [2.05, 4.69) is 5.32 Å². The minimum Gasteiger partial charge on any atom is -0.380 e. The van der Waals surface area contributed by atoms with Gasteiger partial charge in [-0.15, -0.1) is 0 Å². The van der Waals surface area contributed by atoms with Crippen LogP contribution in [0.2, 0.25) is 0 Å². The number of nitrogens with one attached hydrogen (secondary N) is 1. The Hall–Kier alpha value is -1.83. The Kier molecular flexibility index (Phi) is 4.84. The lowest BCUT2D eigenvalue weighted by atomic mass is 9.91. The Morgan fingerprint density at radius 1 is 1.35 bits per heavy atom. The number of aryl methyl sites for hydroxylation is 1. The molecule has 0 radical (unpaired) electrons. The van der Waals surface area contributed by atoms with Crippen molar-refractivity contribution in [1.29, 1.82) is 0 Å². The molecule has 1 aromatic carbocycles. The van der Waals surface area contributed by atoms with Crippen LogP contribution in [-0.2, 0) is 6.54 Å². The lowest BCUT2D eigenvalue weighted by molar-refractivity contribution is -0.271. The third-order valence-corrected chi connectivity index (χ3v) is 4.09. The Morgan fingerprint density at radius 3 is 2.48 bits per heavy atom. The molecule has 2 N–H and O–H groups in total. The monoisotopic (exact) mass is 334 g/mol. The minimum atomic E-state index is -4.70. The second-order valence-electron chi connectivity index (χ2n) is 5.76. The molecule has 2 rings (SSSR count). The molecule has 1 aromatic rings. The average Bonchev–Trinajstić information content (AvgIpc) is 2.48. The highest BCUT2D eigenvalue weighted by Gasteiger charge is 2.54. The molecule has 0 atom stereocenters. The fourth-order valence-corrected chi connectivity index (χ4v) is 2.40. The van der Waals surface area contributed by atoms with Gasteiger partial charge in [0.2, 0.25) is 0 Å². The van der Waals surface area contributed by atoms with E-state index in [0.717, 1.165) is 0 Å². The molecule has 0 bridgehead atoms. The Labute approximate surface area is 131 Å². The first-order valence-corrected chi connectivity index (χ1v) is 7.19. The van der Waals surface area contributed by atoms with Crippen LogP contribution in [0.25, 0.3) is 0 Å². The van der Waals surface area contributed by atoms with Crippen LogP contribution in [0.1, 0.15) is 24.0 Å². The topological polar surface area (TPSA) is 52.6 Å². The fraction of sp³-hybridized carbons (Fsp3) is 0.533. The number of piperidine rings is 1. The summed E-state index contributed by atoms with van der Waals surface area (Å²) in [5, 5.41) is 12.1. The highest BCUT2D eigenvalue weighted by Crippen LogP contribution is 2.38. The maximum atomic E-state index is 13.4. The molecular formula is C15H18F4N2O2. The molecule has 1 fully saturated rings. The Balaban J connectivity index is 1.87. The van der Waals surface area contributed by atoms with E-state index in [9.17, 15) is 27.5 Å². The standard InChI is InChI=1S/C15H18F4N2O2/c1-10-2-3-11(8-12(10)16)9-20-13(22)21-6-4-14(23,5-7-21)15(17,18)19/h2-3,8,23H,4-7,9H2,1H3,(H,20,22). The quantitative estimate of drug-likeness (QED) is 0.817. The SMILES string of the molecule is Cc1ccc(CNC(=O)N2CCC(O)(C(F)(F)F)CC2)cc1F. The zero-order valence-corrected chi connectivity index (χ0v) is 12.6.